The Kier molecular flexibility index (Phi) is 5.91. The molecule has 1 aliphatic heterocycles. The van der Waals surface area contributed by atoms with E-state index in [2.05, 4.69) is 0 Å². The van der Waals surface area contributed by atoms with Gasteiger partial charge in [-0.1, -0.05) is 6.07 Å². The van der Waals surface area contributed by atoms with Crippen LogP contribution in [0.3, 0.4) is 0 Å². The van der Waals surface area contributed by atoms with Crippen molar-refractivity contribution in [3.05, 3.63) is 33.9 Å². The minimum absolute atomic E-state index is 0. The van der Waals surface area contributed by atoms with E-state index in [-0.39, 0.29) is 40.5 Å². The number of nitrogens with two attached hydrogens (primary N) is 1. The highest BCUT2D eigenvalue weighted by Gasteiger charge is 2.38. The number of nitro groups is 1. The normalized spacial score (nSPS) is 22.3. The van der Waals surface area contributed by atoms with E-state index in [0.717, 1.165) is 0 Å². The molecule has 2 unspecified atom stereocenters. The molecule has 1 fully saturated rings. The van der Waals surface area contributed by atoms with Crippen LogP contribution < -0.4 is 5.73 Å². The summed E-state index contributed by atoms with van der Waals surface area (Å²) in [5.41, 5.74) is 5.61. The van der Waals surface area contributed by atoms with Gasteiger partial charge in [0.1, 0.15) is 0 Å². The minimum atomic E-state index is -3.74. The van der Waals surface area contributed by atoms with Crippen LogP contribution >= 0.6 is 12.4 Å². The van der Waals surface area contributed by atoms with Gasteiger partial charge in [-0.3, -0.25) is 10.1 Å². The van der Waals surface area contributed by atoms with Gasteiger partial charge in [0.05, 0.1) is 9.82 Å². The zero-order valence-corrected chi connectivity index (χ0v) is 14.1. The van der Waals surface area contributed by atoms with Crippen molar-refractivity contribution in [1.29, 1.82) is 0 Å². The fraction of sp³-hybridized carbons (Fsp3) is 0.538. The van der Waals surface area contributed by atoms with Gasteiger partial charge >= 0.3 is 0 Å². The molecule has 2 rings (SSSR count). The quantitative estimate of drug-likeness (QED) is 0.657. The Hall–Kier alpha value is -1.22. The highest BCUT2D eigenvalue weighted by Crippen LogP contribution is 2.32. The van der Waals surface area contributed by atoms with E-state index < -0.39 is 14.9 Å². The maximum absolute atomic E-state index is 12.8. The van der Waals surface area contributed by atoms with E-state index in [1.807, 2.05) is 6.92 Å². The summed E-state index contributed by atoms with van der Waals surface area (Å²) in [5, 5.41) is 11.0. The molecule has 124 valence electrons. The van der Waals surface area contributed by atoms with Gasteiger partial charge in [-0.05, 0) is 38.8 Å². The topological polar surface area (TPSA) is 107 Å². The fourth-order valence-corrected chi connectivity index (χ4v) is 4.78. The number of nitrogens with zero attached hydrogens (tertiary/aromatic N) is 2. The van der Waals surface area contributed by atoms with Crippen LogP contribution in [-0.4, -0.2) is 36.8 Å². The van der Waals surface area contributed by atoms with Crippen molar-refractivity contribution in [2.24, 2.45) is 11.7 Å². The Morgan fingerprint density at radius 1 is 1.45 bits per heavy atom. The second-order valence-electron chi connectivity index (χ2n) is 5.42. The molecule has 0 spiro atoms. The summed E-state index contributed by atoms with van der Waals surface area (Å²) in [6.07, 6.45) is 0.712. The van der Waals surface area contributed by atoms with Crippen LogP contribution in [0, 0.1) is 23.0 Å². The molecule has 0 aromatic heterocycles. The first-order chi connectivity index (χ1) is 9.78. The number of benzene rings is 1. The third-order valence-electron chi connectivity index (χ3n) is 3.98. The SMILES string of the molecule is Cc1c([N+](=O)[O-])cccc1S(=O)(=O)N1CC(CN)CC1C.Cl. The first-order valence-corrected chi connectivity index (χ1v) is 8.19. The van der Waals surface area contributed by atoms with Crippen molar-refractivity contribution in [1.82, 2.24) is 4.31 Å². The summed E-state index contributed by atoms with van der Waals surface area (Å²) in [7, 11) is -3.74. The van der Waals surface area contributed by atoms with E-state index in [0.29, 0.717) is 19.5 Å². The molecule has 0 radical (unpaired) electrons. The monoisotopic (exact) mass is 349 g/mol. The van der Waals surface area contributed by atoms with Crippen LogP contribution in [-0.2, 0) is 10.0 Å². The average Bonchev–Trinajstić information content (AvgIpc) is 2.80. The molecule has 1 heterocycles. The Labute approximate surface area is 136 Å². The largest absolute Gasteiger partial charge is 0.330 e. The third kappa shape index (κ3) is 3.24. The van der Waals surface area contributed by atoms with Gasteiger partial charge in [0.2, 0.25) is 10.0 Å². The average molecular weight is 350 g/mol. The van der Waals surface area contributed by atoms with E-state index in [1.165, 1.54) is 29.4 Å². The van der Waals surface area contributed by atoms with E-state index >= 15 is 0 Å². The van der Waals surface area contributed by atoms with Crippen LogP contribution in [0.4, 0.5) is 5.69 Å². The van der Waals surface area contributed by atoms with Crippen molar-refractivity contribution >= 4 is 28.1 Å². The summed E-state index contributed by atoms with van der Waals surface area (Å²) >= 11 is 0. The predicted octanol–water partition coefficient (Wildman–Crippen LogP) is 1.68. The molecule has 2 N–H and O–H groups in total. The fourth-order valence-electron chi connectivity index (χ4n) is 2.82. The zero-order valence-electron chi connectivity index (χ0n) is 12.4. The maximum atomic E-state index is 12.8. The molecule has 0 aliphatic carbocycles. The highest BCUT2D eigenvalue weighted by molar-refractivity contribution is 7.89. The lowest BCUT2D eigenvalue weighted by Crippen LogP contribution is -2.34. The van der Waals surface area contributed by atoms with Gasteiger partial charge in [-0.25, -0.2) is 8.42 Å². The standard InChI is InChI=1S/C13H19N3O4S.ClH/c1-9-6-11(7-14)8-15(9)21(19,20)13-5-3-4-12(10(13)2)16(17)18;/h3-5,9,11H,6-8,14H2,1-2H3;1H. The van der Waals surface area contributed by atoms with Gasteiger partial charge in [0, 0.05) is 24.2 Å². The number of sulfonamides is 1. The number of rotatable bonds is 4. The molecule has 2 atom stereocenters. The molecule has 22 heavy (non-hydrogen) atoms. The van der Waals surface area contributed by atoms with Gasteiger partial charge in [-0.15, -0.1) is 12.4 Å². The molecule has 1 aliphatic rings. The molecular weight excluding hydrogens is 330 g/mol. The molecule has 1 saturated heterocycles. The summed E-state index contributed by atoms with van der Waals surface area (Å²) in [4.78, 5) is 10.4. The Bertz CT molecular complexity index is 665. The zero-order chi connectivity index (χ0) is 15.8. The highest BCUT2D eigenvalue weighted by atomic mass is 35.5. The van der Waals surface area contributed by atoms with Crippen molar-refractivity contribution in [2.45, 2.75) is 31.2 Å². The second-order valence-corrected chi connectivity index (χ2v) is 7.28. The second kappa shape index (κ2) is 6.91. The van der Waals surface area contributed by atoms with Gasteiger partial charge < -0.3 is 5.73 Å². The number of hydrogen-bond donors (Lipinski definition) is 1. The van der Waals surface area contributed by atoms with Crippen molar-refractivity contribution in [3.63, 3.8) is 0 Å². The molecule has 0 bridgehead atoms. The summed E-state index contributed by atoms with van der Waals surface area (Å²) in [6.45, 7) is 4.10. The Morgan fingerprint density at radius 3 is 2.59 bits per heavy atom. The third-order valence-corrected chi connectivity index (χ3v) is 6.10. The lowest BCUT2D eigenvalue weighted by molar-refractivity contribution is -0.385. The van der Waals surface area contributed by atoms with E-state index in [4.69, 9.17) is 5.73 Å². The van der Waals surface area contributed by atoms with Crippen LogP contribution in [0.1, 0.15) is 18.9 Å². The number of halogens is 1. The van der Waals surface area contributed by atoms with Gasteiger partial charge in [-0.2, -0.15) is 4.31 Å². The molecule has 9 heteroatoms. The number of nitro benzene ring substituents is 1. The molecule has 1 aromatic carbocycles. The van der Waals surface area contributed by atoms with Crippen molar-refractivity contribution < 1.29 is 13.3 Å². The molecule has 7 nitrogen and oxygen atoms in total. The first kappa shape index (κ1) is 18.8. The lowest BCUT2D eigenvalue weighted by Gasteiger charge is -2.22. The molecule has 0 saturated carbocycles. The van der Waals surface area contributed by atoms with Crippen LogP contribution in [0.25, 0.3) is 0 Å². The predicted molar refractivity (Wildman–Crippen MR) is 85.6 cm³/mol. The van der Waals surface area contributed by atoms with Gasteiger partial charge in [0.15, 0.2) is 0 Å². The lowest BCUT2D eigenvalue weighted by atomic mass is 10.1. The van der Waals surface area contributed by atoms with Crippen molar-refractivity contribution in [2.75, 3.05) is 13.1 Å². The maximum Gasteiger partial charge on any atom is 0.273 e. The van der Waals surface area contributed by atoms with E-state index in [9.17, 15) is 18.5 Å². The molecular formula is C13H20ClN3O4S. The minimum Gasteiger partial charge on any atom is -0.330 e. The Balaban J connectivity index is 0.00000242. The summed E-state index contributed by atoms with van der Waals surface area (Å²) in [6, 6.07) is 3.98. The molecule has 0 amide bonds. The van der Waals surface area contributed by atoms with Gasteiger partial charge in [0.25, 0.3) is 5.69 Å². The van der Waals surface area contributed by atoms with Crippen LogP contribution in [0.5, 0.6) is 0 Å². The Morgan fingerprint density at radius 2 is 2.09 bits per heavy atom. The number of hydrogen-bond acceptors (Lipinski definition) is 5. The summed E-state index contributed by atoms with van der Waals surface area (Å²) < 4.78 is 26.9. The molecule has 1 aromatic rings. The van der Waals surface area contributed by atoms with Crippen molar-refractivity contribution in [3.8, 4) is 0 Å². The van der Waals surface area contributed by atoms with Crippen LogP contribution in [0.2, 0.25) is 0 Å². The first-order valence-electron chi connectivity index (χ1n) is 6.75. The summed E-state index contributed by atoms with van der Waals surface area (Å²) in [5.74, 6) is 0.133. The van der Waals surface area contributed by atoms with E-state index in [1.54, 1.807) is 0 Å². The smallest absolute Gasteiger partial charge is 0.273 e. The van der Waals surface area contributed by atoms with Crippen LogP contribution in [0.15, 0.2) is 23.1 Å².